The minimum atomic E-state index is 0.544. The molecule has 116 valence electrons. The Bertz CT molecular complexity index is 430. The molecular weight excluding hydrogens is 258 g/mol. The minimum Gasteiger partial charge on any atom is -0.314 e. The van der Waals surface area contributed by atoms with E-state index in [2.05, 4.69) is 53.2 Å². The standard InChI is InChI=1S/C18H29N3/c1-3-4-16-5-7-17(8-6-16)15(2)20-9-11-21(12-10-20)18-13-19-14-18/h5-8,15,18-19H,3-4,9-14H2,1-2H3. The molecule has 0 aliphatic carbocycles. The molecule has 1 aromatic rings. The molecule has 1 aromatic carbocycles. The Morgan fingerprint density at radius 3 is 2.29 bits per heavy atom. The van der Waals surface area contributed by atoms with E-state index in [9.17, 15) is 0 Å². The fourth-order valence-corrected chi connectivity index (χ4v) is 3.48. The van der Waals surface area contributed by atoms with E-state index in [1.165, 1.54) is 63.2 Å². The van der Waals surface area contributed by atoms with Crippen molar-refractivity contribution in [3.8, 4) is 0 Å². The second-order valence-electron chi connectivity index (χ2n) is 6.55. The van der Waals surface area contributed by atoms with Gasteiger partial charge in [-0.25, -0.2) is 0 Å². The summed E-state index contributed by atoms with van der Waals surface area (Å²) in [6.45, 7) is 11.8. The zero-order valence-corrected chi connectivity index (χ0v) is 13.5. The maximum atomic E-state index is 3.38. The summed E-state index contributed by atoms with van der Waals surface area (Å²) in [5.74, 6) is 0. The van der Waals surface area contributed by atoms with Gasteiger partial charge in [-0.1, -0.05) is 37.6 Å². The van der Waals surface area contributed by atoms with Gasteiger partial charge in [0.2, 0.25) is 0 Å². The Morgan fingerprint density at radius 1 is 1.10 bits per heavy atom. The zero-order chi connectivity index (χ0) is 14.7. The molecule has 1 N–H and O–H groups in total. The normalized spacial score (nSPS) is 23.0. The summed E-state index contributed by atoms with van der Waals surface area (Å²) in [7, 11) is 0. The van der Waals surface area contributed by atoms with Gasteiger partial charge in [0.25, 0.3) is 0 Å². The van der Waals surface area contributed by atoms with Crippen LogP contribution in [0.1, 0.15) is 37.4 Å². The third-order valence-corrected chi connectivity index (χ3v) is 5.17. The van der Waals surface area contributed by atoms with Gasteiger partial charge in [-0.3, -0.25) is 9.80 Å². The first-order valence-corrected chi connectivity index (χ1v) is 8.55. The topological polar surface area (TPSA) is 18.5 Å². The summed E-state index contributed by atoms with van der Waals surface area (Å²) >= 11 is 0. The molecule has 0 aromatic heterocycles. The first kappa shape index (κ1) is 15.0. The zero-order valence-electron chi connectivity index (χ0n) is 13.5. The van der Waals surface area contributed by atoms with Gasteiger partial charge in [-0.15, -0.1) is 0 Å². The molecule has 0 saturated carbocycles. The molecule has 0 bridgehead atoms. The van der Waals surface area contributed by atoms with E-state index in [-0.39, 0.29) is 0 Å². The fraction of sp³-hybridized carbons (Fsp3) is 0.667. The quantitative estimate of drug-likeness (QED) is 0.896. The van der Waals surface area contributed by atoms with E-state index in [0.29, 0.717) is 6.04 Å². The van der Waals surface area contributed by atoms with E-state index < -0.39 is 0 Å². The molecule has 0 amide bonds. The third-order valence-electron chi connectivity index (χ3n) is 5.17. The van der Waals surface area contributed by atoms with Gasteiger partial charge < -0.3 is 5.32 Å². The first-order chi connectivity index (χ1) is 10.3. The van der Waals surface area contributed by atoms with Gasteiger partial charge in [-0.05, 0) is 24.5 Å². The highest BCUT2D eigenvalue weighted by Gasteiger charge is 2.29. The van der Waals surface area contributed by atoms with Gasteiger partial charge in [0.05, 0.1) is 0 Å². The smallest absolute Gasteiger partial charge is 0.0346 e. The van der Waals surface area contributed by atoms with Crippen LogP contribution in [0.15, 0.2) is 24.3 Å². The van der Waals surface area contributed by atoms with E-state index >= 15 is 0 Å². The van der Waals surface area contributed by atoms with E-state index in [4.69, 9.17) is 0 Å². The highest BCUT2D eigenvalue weighted by atomic mass is 15.3. The highest BCUT2D eigenvalue weighted by molar-refractivity contribution is 5.25. The second kappa shape index (κ2) is 6.91. The lowest BCUT2D eigenvalue weighted by atomic mass is 10.0. The number of nitrogens with zero attached hydrogens (tertiary/aromatic N) is 2. The number of aryl methyl sites for hydroxylation is 1. The average Bonchev–Trinajstić information content (AvgIpc) is 2.47. The van der Waals surface area contributed by atoms with Crippen molar-refractivity contribution in [2.75, 3.05) is 39.3 Å². The molecule has 0 spiro atoms. The summed E-state index contributed by atoms with van der Waals surface area (Å²) in [6, 6.07) is 10.6. The van der Waals surface area contributed by atoms with Crippen LogP contribution in [0, 0.1) is 0 Å². The predicted molar refractivity (Wildman–Crippen MR) is 88.7 cm³/mol. The lowest BCUT2D eigenvalue weighted by molar-refractivity contribution is 0.0552. The van der Waals surface area contributed by atoms with Crippen molar-refractivity contribution in [1.29, 1.82) is 0 Å². The van der Waals surface area contributed by atoms with E-state index in [1.807, 2.05) is 0 Å². The van der Waals surface area contributed by atoms with Crippen molar-refractivity contribution in [3.63, 3.8) is 0 Å². The van der Waals surface area contributed by atoms with Crippen molar-refractivity contribution in [2.45, 2.75) is 38.8 Å². The summed E-state index contributed by atoms with van der Waals surface area (Å²) in [6.07, 6.45) is 2.43. The van der Waals surface area contributed by atoms with Crippen LogP contribution in [-0.4, -0.2) is 55.1 Å². The Labute approximate surface area is 129 Å². The summed E-state index contributed by atoms with van der Waals surface area (Å²) in [5, 5.41) is 3.38. The Hall–Kier alpha value is -0.900. The molecule has 1 atom stereocenters. The molecular formula is C18H29N3. The SMILES string of the molecule is CCCc1ccc(C(C)N2CCN(C3CNC3)CC2)cc1. The van der Waals surface area contributed by atoms with Crippen LogP contribution in [-0.2, 0) is 6.42 Å². The Balaban J connectivity index is 1.54. The highest BCUT2D eigenvalue weighted by Crippen LogP contribution is 2.23. The largest absolute Gasteiger partial charge is 0.314 e. The molecule has 1 unspecified atom stereocenters. The van der Waals surface area contributed by atoms with Crippen LogP contribution in [0.25, 0.3) is 0 Å². The number of hydrogen-bond donors (Lipinski definition) is 1. The van der Waals surface area contributed by atoms with Gasteiger partial charge in [0.1, 0.15) is 0 Å². The molecule has 21 heavy (non-hydrogen) atoms. The van der Waals surface area contributed by atoms with Crippen LogP contribution in [0.4, 0.5) is 0 Å². The van der Waals surface area contributed by atoms with Crippen molar-refractivity contribution in [2.24, 2.45) is 0 Å². The molecule has 2 saturated heterocycles. The lowest BCUT2D eigenvalue weighted by Crippen LogP contribution is -2.61. The summed E-state index contributed by atoms with van der Waals surface area (Å²) in [5.41, 5.74) is 2.93. The fourth-order valence-electron chi connectivity index (χ4n) is 3.48. The van der Waals surface area contributed by atoms with Crippen LogP contribution < -0.4 is 5.32 Å². The van der Waals surface area contributed by atoms with Gasteiger partial charge in [0.15, 0.2) is 0 Å². The number of nitrogens with one attached hydrogen (secondary N) is 1. The first-order valence-electron chi connectivity index (χ1n) is 8.55. The molecule has 3 nitrogen and oxygen atoms in total. The maximum absolute atomic E-state index is 3.38. The molecule has 2 fully saturated rings. The van der Waals surface area contributed by atoms with Crippen molar-refractivity contribution in [3.05, 3.63) is 35.4 Å². The molecule has 0 radical (unpaired) electrons. The van der Waals surface area contributed by atoms with Crippen LogP contribution >= 0.6 is 0 Å². The third kappa shape index (κ3) is 3.47. The van der Waals surface area contributed by atoms with Crippen LogP contribution in [0.5, 0.6) is 0 Å². The van der Waals surface area contributed by atoms with Crippen molar-refractivity contribution in [1.82, 2.24) is 15.1 Å². The number of hydrogen-bond acceptors (Lipinski definition) is 3. The van der Waals surface area contributed by atoms with E-state index in [1.54, 1.807) is 0 Å². The average molecular weight is 287 g/mol. The van der Waals surface area contributed by atoms with Crippen molar-refractivity contribution >= 4 is 0 Å². The van der Waals surface area contributed by atoms with Gasteiger partial charge in [-0.2, -0.15) is 0 Å². The summed E-state index contributed by atoms with van der Waals surface area (Å²) in [4.78, 5) is 5.29. The Morgan fingerprint density at radius 2 is 1.76 bits per heavy atom. The molecule has 3 rings (SSSR count). The maximum Gasteiger partial charge on any atom is 0.0346 e. The number of benzene rings is 1. The molecule has 3 heteroatoms. The minimum absolute atomic E-state index is 0.544. The molecule has 2 aliphatic heterocycles. The molecule has 2 aliphatic rings. The van der Waals surface area contributed by atoms with E-state index in [0.717, 1.165) is 6.04 Å². The second-order valence-corrected chi connectivity index (χ2v) is 6.55. The number of piperazine rings is 1. The monoisotopic (exact) mass is 287 g/mol. The van der Waals surface area contributed by atoms with Crippen LogP contribution in [0.3, 0.4) is 0 Å². The summed E-state index contributed by atoms with van der Waals surface area (Å²) < 4.78 is 0. The predicted octanol–water partition coefficient (Wildman–Crippen LogP) is 2.29. The molecule has 2 heterocycles. The van der Waals surface area contributed by atoms with Gasteiger partial charge in [0, 0.05) is 51.4 Å². The van der Waals surface area contributed by atoms with Crippen molar-refractivity contribution < 1.29 is 0 Å². The van der Waals surface area contributed by atoms with Crippen LogP contribution in [0.2, 0.25) is 0 Å². The Kier molecular flexibility index (Phi) is 4.94. The lowest BCUT2D eigenvalue weighted by Gasteiger charge is -2.44. The number of rotatable bonds is 5. The van der Waals surface area contributed by atoms with Gasteiger partial charge >= 0.3 is 0 Å².